The third kappa shape index (κ3) is 3.40. The zero-order chi connectivity index (χ0) is 19.8. The van der Waals surface area contributed by atoms with Crippen molar-refractivity contribution in [1.82, 2.24) is 19.7 Å². The van der Waals surface area contributed by atoms with Gasteiger partial charge < -0.3 is 0 Å². The molecule has 27 heavy (non-hydrogen) atoms. The Bertz CT molecular complexity index is 1130. The molecule has 0 atom stereocenters. The summed E-state index contributed by atoms with van der Waals surface area (Å²) in [5, 5.41) is 6.99. The van der Waals surface area contributed by atoms with E-state index < -0.39 is 49.7 Å². The van der Waals surface area contributed by atoms with E-state index in [0.29, 0.717) is 0 Å². The Balaban J connectivity index is 1.96. The van der Waals surface area contributed by atoms with Crippen molar-refractivity contribution in [3.05, 3.63) is 71.3 Å². The van der Waals surface area contributed by atoms with Gasteiger partial charge in [0.15, 0.2) is 17.3 Å². The Morgan fingerprint density at radius 3 is 2.22 bits per heavy atom. The van der Waals surface area contributed by atoms with Crippen LogP contribution >= 0.6 is 0 Å². The number of aromatic nitrogens is 3. The number of rotatable bonds is 4. The summed E-state index contributed by atoms with van der Waals surface area (Å²) in [6, 6.07) is 7.59. The summed E-state index contributed by atoms with van der Waals surface area (Å²) in [6.07, 6.45) is 0. The van der Waals surface area contributed by atoms with Gasteiger partial charge in [0.2, 0.25) is 0 Å². The first-order valence-electron chi connectivity index (χ1n) is 7.40. The fourth-order valence-electron chi connectivity index (χ4n) is 2.33. The number of carbonyl (C=O) groups excluding carboxylic acids is 1. The summed E-state index contributed by atoms with van der Waals surface area (Å²) in [6.45, 7) is 1.27. The molecule has 0 saturated carbocycles. The number of hydrogen-bond acceptors (Lipinski definition) is 5. The first-order valence-corrected chi connectivity index (χ1v) is 8.89. The molecule has 3 rings (SSSR count). The highest BCUT2D eigenvalue weighted by atomic mass is 32.2. The van der Waals surface area contributed by atoms with Crippen LogP contribution in [-0.4, -0.2) is 29.3 Å². The number of hydrogen-bond donors (Lipinski definition) is 1. The Morgan fingerprint density at radius 2 is 1.59 bits per heavy atom. The number of sulfonamides is 1. The number of carbonyl (C=O) groups is 1. The second kappa shape index (κ2) is 6.83. The van der Waals surface area contributed by atoms with Crippen LogP contribution in [0.15, 0.2) is 47.4 Å². The summed E-state index contributed by atoms with van der Waals surface area (Å²) in [7, 11) is -4.53. The minimum Gasteiger partial charge on any atom is -0.266 e. The third-order valence-corrected chi connectivity index (χ3v) is 4.98. The highest BCUT2D eigenvalue weighted by Crippen LogP contribution is 2.20. The topological polar surface area (TPSA) is 93.9 Å². The van der Waals surface area contributed by atoms with Crippen molar-refractivity contribution < 1.29 is 26.4 Å². The molecule has 3 aromatic rings. The van der Waals surface area contributed by atoms with Crippen LogP contribution in [0.1, 0.15) is 16.2 Å². The van der Waals surface area contributed by atoms with E-state index in [2.05, 4.69) is 10.3 Å². The molecule has 0 unspecified atom stereocenters. The van der Waals surface area contributed by atoms with Crippen LogP contribution in [0.25, 0.3) is 5.69 Å². The first kappa shape index (κ1) is 18.6. The lowest BCUT2D eigenvalue weighted by atomic mass is 10.2. The monoisotopic (exact) mass is 396 g/mol. The largest absolute Gasteiger partial charge is 0.287 e. The molecule has 1 amide bonds. The highest BCUT2D eigenvalue weighted by molar-refractivity contribution is 7.90. The fraction of sp³-hybridized carbons (Fsp3) is 0.0625. The van der Waals surface area contributed by atoms with E-state index in [1.54, 1.807) is 4.72 Å². The van der Waals surface area contributed by atoms with Crippen molar-refractivity contribution in [2.24, 2.45) is 0 Å². The van der Waals surface area contributed by atoms with Gasteiger partial charge in [0.1, 0.15) is 16.4 Å². The first-order chi connectivity index (χ1) is 12.7. The van der Waals surface area contributed by atoms with Gasteiger partial charge in [-0.2, -0.15) is 0 Å². The Kier molecular flexibility index (Phi) is 4.70. The van der Waals surface area contributed by atoms with Crippen molar-refractivity contribution in [1.29, 1.82) is 0 Å². The lowest BCUT2D eigenvalue weighted by Crippen LogP contribution is -2.32. The van der Waals surface area contributed by atoms with Gasteiger partial charge in [0.25, 0.3) is 15.9 Å². The minimum absolute atomic E-state index is 0.111. The molecule has 0 aliphatic carbocycles. The van der Waals surface area contributed by atoms with E-state index in [0.717, 1.165) is 35.0 Å². The van der Waals surface area contributed by atoms with E-state index in [1.807, 2.05) is 0 Å². The molecule has 0 bridgehead atoms. The molecule has 2 aromatic carbocycles. The maximum Gasteiger partial charge on any atom is 0.287 e. The molecule has 0 fully saturated rings. The van der Waals surface area contributed by atoms with Gasteiger partial charge in [-0.1, -0.05) is 23.4 Å². The fourth-order valence-corrected chi connectivity index (χ4v) is 3.36. The maximum atomic E-state index is 13.9. The summed E-state index contributed by atoms with van der Waals surface area (Å²) in [5.41, 5.74) is -1.17. The lowest BCUT2D eigenvalue weighted by Gasteiger charge is -2.08. The number of amides is 1. The van der Waals surface area contributed by atoms with Gasteiger partial charge >= 0.3 is 0 Å². The van der Waals surface area contributed by atoms with Gasteiger partial charge in [-0.15, -0.1) is 5.10 Å². The van der Waals surface area contributed by atoms with E-state index in [9.17, 15) is 26.4 Å². The summed E-state index contributed by atoms with van der Waals surface area (Å²) in [4.78, 5) is 11.5. The molecular weight excluding hydrogens is 385 g/mol. The highest BCUT2D eigenvalue weighted by Gasteiger charge is 2.26. The standard InChI is InChI=1S/C16H11F3N4O3S/c1-9-14(20-22-23(9)15-11(18)6-4-7-12(15)19)16(24)21-27(25,26)13-8-3-2-5-10(13)17/h2-8H,1H3,(H,21,24). The number of halogens is 3. The molecule has 0 radical (unpaired) electrons. The smallest absolute Gasteiger partial charge is 0.266 e. The van der Waals surface area contributed by atoms with E-state index >= 15 is 0 Å². The van der Waals surface area contributed by atoms with Gasteiger partial charge in [-0.05, 0) is 31.2 Å². The van der Waals surface area contributed by atoms with Gasteiger partial charge in [0.05, 0.1) is 5.69 Å². The second-order valence-corrected chi connectivity index (χ2v) is 7.02. The zero-order valence-electron chi connectivity index (χ0n) is 13.6. The summed E-state index contributed by atoms with van der Waals surface area (Å²) < 4.78 is 68.2. The maximum absolute atomic E-state index is 13.9. The van der Waals surface area contributed by atoms with Crippen LogP contribution in [0.5, 0.6) is 0 Å². The third-order valence-electron chi connectivity index (χ3n) is 3.61. The number of nitrogens with zero attached hydrogens (tertiary/aromatic N) is 3. The predicted molar refractivity (Wildman–Crippen MR) is 87.1 cm³/mol. The normalized spacial score (nSPS) is 11.4. The van der Waals surface area contributed by atoms with Crippen LogP contribution < -0.4 is 4.72 Å². The molecule has 7 nitrogen and oxygen atoms in total. The van der Waals surface area contributed by atoms with E-state index in [1.165, 1.54) is 19.1 Å². The molecule has 0 aliphatic heterocycles. The molecule has 0 spiro atoms. The van der Waals surface area contributed by atoms with E-state index in [4.69, 9.17) is 0 Å². The van der Waals surface area contributed by atoms with Crippen molar-refractivity contribution in [3.8, 4) is 5.69 Å². The molecule has 0 saturated heterocycles. The average molecular weight is 396 g/mol. The second-order valence-electron chi connectivity index (χ2n) is 5.37. The van der Waals surface area contributed by atoms with Gasteiger partial charge in [-0.25, -0.2) is 31.0 Å². The SMILES string of the molecule is Cc1c(C(=O)NS(=O)(=O)c2ccccc2F)nnn1-c1c(F)cccc1F. The van der Waals surface area contributed by atoms with Crippen molar-refractivity contribution >= 4 is 15.9 Å². The van der Waals surface area contributed by atoms with Crippen LogP contribution in [0.2, 0.25) is 0 Å². The number of para-hydroxylation sites is 1. The average Bonchev–Trinajstić information content (AvgIpc) is 2.96. The predicted octanol–water partition coefficient (Wildman–Crippen LogP) is 2.11. The Labute approximate surface area is 151 Å². The summed E-state index contributed by atoms with van der Waals surface area (Å²) in [5.74, 6) is -4.17. The summed E-state index contributed by atoms with van der Waals surface area (Å²) >= 11 is 0. The Hall–Kier alpha value is -3.21. The molecule has 1 aromatic heterocycles. The quantitative estimate of drug-likeness (QED) is 0.729. The Morgan fingerprint density at radius 1 is 1.00 bits per heavy atom. The molecule has 11 heteroatoms. The van der Waals surface area contributed by atoms with Gasteiger partial charge in [0, 0.05) is 0 Å². The zero-order valence-corrected chi connectivity index (χ0v) is 14.5. The molecular formula is C16H11F3N4O3S. The van der Waals surface area contributed by atoms with Gasteiger partial charge in [-0.3, -0.25) is 4.79 Å². The molecule has 1 heterocycles. The van der Waals surface area contributed by atoms with Crippen LogP contribution in [0.4, 0.5) is 13.2 Å². The van der Waals surface area contributed by atoms with E-state index in [-0.39, 0.29) is 5.69 Å². The lowest BCUT2D eigenvalue weighted by molar-refractivity contribution is 0.0976. The van der Waals surface area contributed by atoms with Crippen molar-refractivity contribution in [3.63, 3.8) is 0 Å². The van der Waals surface area contributed by atoms with Crippen LogP contribution in [-0.2, 0) is 10.0 Å². The van der Waals surface area contributed by atoms with Crippen LogP contribution in [0, 0.1) is 24.4 Å². The minimum atomic E-state index is -4.53. The van der Waals surface area contributed by atoms with Crippen molar-refractivity contribution in [2.45, 2.75) is 11.8 Å². The number of benzene rings is 2. The molecule has 140 valence electrons. The van der Waals surface area contributed by atoms with Crippen LogP contribution in [0.3, 0.4) is 0 Å². The van der Waals surface area contributed by atoms with Crippen molar-refractivity contribution in [2.75, 3.05) is 0 Å². The molecule has 1 N–H and O–H groups in total. The number of nitrogens with one attached hydrogen (secondary N) is 1. The molecule has 0 aliphatic rings.